The van der Waals surface area contributed by atoms with Gasteiger partial charge in [0.2, 0.25) is 0 Å². The monoisotopic (exact) mass is 275 g/mol. The van der Waals surface area contributed by atoms with Gasteiger partial charge in [-0.1, -0.05) is 30.9 Å². The number of nitrogens with one attached hydrogen (secondary N) is 1. The van der Waals surface area contributed by atoms with Gasteiger partial charge in [0.05, 0.1) is 12.3 Å². The highest BCUT2D eigenvalue weighted by molar-refractivity contribution is 5.91. The van der Waals surface area contributed by atoms with Crippen molar-refractivity contribution in [1.29, 1.82) is 0 Å². The number of esters is 1. The van der Waals surface area contributed by atoms with Crippen molar-refractivity contribution in [3.8, 4) is 0 Å². The molecule has 1 rings (SSSR count). The lowest BCUT2D eigenvalue weighted by Gasteiger charge is -2.08. The van der Waals surface area contributed by atoms with Gasteiger partial charge in [-0.25, -0.2) is 9.59 Å². The van der Waals surface area contributed by atoms with E-state index in [1.54, 1.807) is 37.3 Å². The summed E-state index contributed by atoms with van der Waals surface area (Å²) in [6.07, 6.45) is 3.77. The third-order valence-corrected chi connectivity index (χ3v) is 2.22. The van der Waals surface area contributed by atoms with E-state index in [1.165, 1.54) is 12.2 Å². The molecule has 5 nitrogen and oxygen atoms in total. The normalized spacial score (nSPS) is 10.1. The van der Waals surface area contributed by atoms with Crippen LogP contribution in [0.5, 0.6) is 0 Å². The lowest BCUT2D eigenvalue weighted by Crippen LogP contribution is -2.14. The summed E-state index contributed by atoms with van der Waals surface area (Å²) < 4.78 is 9.62. The highest BCUT2D eigenvalue weighted by atomic mass is 16.5. The average molecular weight is 275 g/mol. The maximum Gasteiger partial charge on any atom is 0.411 e. The van der Waals surface area contributed by atoms with E-state index >= 15 is 0 Å². The minimum Gasteiger partial charge on any atom is -0.463 e. The Bertz CT molecular complexity index is 508. The number of carbonyl (C=O) groups excluding carboxylic acids is 2. The highest BCUT2D eigenvalue weighted by Crippen LogP contribution is 2.17. The lowest BCUT2D eigenvalue weighted by molar-refractivity contribution is -0.137. The first kappa shape index (κ1) is 15.5. The summed E-state index contributed by atoms with van der Waals surface area (Å²) in [5.41, 5.74) is 1.22. The molecule has 0 aliphatic carbocycles. The molecule has 0 radical (unpaired) electrons. The molecule has 0 aliphatic rings. The number of benzene rings is 1. The van der Waals surface area contributed by atoms with Gasteiger partial charge in [-0.3, -0.25) is 5.32 Å². The number of hydrogen-bond acceptors (Lipinski definition) is 4. The zero-order chi connectivity index (χ0) is 14.8. The number of para-hydroxylation sites is 1. The average Bonchev–Trinajstić information content (AvgIpc) is 2.44. The van der Waals surface area contributed by atoms with Crippen LogP contribution >= 0.6 is 0 Å². The van der Waals surface area contributed by atoms with Crippen LogP contribution in [0.25, 0.3) is 6.08 Å². The Kier molecular flexibility index (Phi) is 6.61. The fourth-order valence-corrected chi connectivity index (χ4v) is 1.39. The summed E-state index contributed by atoms with van der Waals surface area (Å²) in [7, 11) is 0. The molecule has 0 unspecified atom stereocenters. The van der Waals surface area contributed by atoms with Crippen molar-refractivity contribution in [2.75, 3.05) is 18.5 Å². The van der Waals surface area contributed by atoms with E-state index in [1.807, 2.05) is 0 Å². The third kappa shape index (κ3) is 5.39. The predicted molar refractivity (Wildman–Crippen MR) is 77.3 cm³/mol. The van der Waals surface area contributed by atoms with Crippen molar-refractivity contribution in [3.05, 3.63) is 48.6 Å². The second kappa shape index (κ2) is 8.53. The number of ether oxygens (including phenoxy) is 2. The van der Waals surface area contributed by atoms with Crippen LogP contribution in [-0.2, 0) is 14.3 Å². The molecule has 0 aromatic heterocycles. The van der Waals surface area contributed by atoms with E-state index in [4.69, 9.17) is 9.47 Å². The number of hydrogen-bond donors (Lipinski definition) is 1. The molecule has 1 amide bonds. The smallest absolute Gasteiger partial charge is 0.411 e. The zero-order valence-corrected chi connectivity index (χ0v) is 11.3. The van der Waals surface area contributed by atoms with Crippen molar-refractivity contribution in [3.63, 3.8) is 0 Å². The van der Waals surface area contributed by atoms with Crippen LogP contribution in [0.2, 0.25) is 0 Å². The predicted octanol–water partition coefficient (Wildman–Crippen LogP) is 3.00. The van der Waals surface area contributed by atoms with Gasteiger partial charge >= 0.3 is 12.1 Å². The fraction of sp³-hybridized carbons (Fsp3) is 0.200. The molecule has 0 aliphatic heterocycles. The number of carbonyl (C=O) groups is 2. The first-order chi connectivity index (χ1) is 9.67. The van der Waals surface area contributed by atoms with Crippen molar-refractivity contribution in [1.82, 2.24) is 0 Å². The molecule has 1 N–H and O–H groups in total. The summed E-state index contributed by atoms with van der Waals surface area (Å²) >= 11 is 0. The maximum atomic E-state index is 11.5. The second-order valence-corrected chi connectivity index (χ2v) is 3.68. The quantitative estimate of drug-likeness (QED) is 0.492. The van der Waals surface area contributed by atoms with Crippen LogP contribution in [-0.4, -0.2) is 25.3 Å². The number of anilines is 1. The molecule has 20 heavy (non-hydrogen) atoms. The molecule has 0 fully saturated rings. The Hall–Kier alpha value is -2.56. The number of amides is 1. The Morgan fingerprint density at radius 1 is 1.30 bits per heavy atom. The summed E-state index contributed by atoms with van der Waals surface area (Å²) in [6.45, 7) is 5.64. The van der Waals surface area contributed by atoms with Crippen LogP contribution in [0.15, 0.2) is 43.0 Å². The SMILES string of the molecule is C=CCOC(=O)Nc1ccccc1/C=C/C(=O)OCC. The van der Waals surface area contributed by atoms with Gasteiger partial charge in [-0.2, -0.15) is 0 Å². The minimum absolute atomic E-state index is 0.132. The molecule has 0 saturated carbocycles. The molecule has 106 valence electrons. The first-order valence-electron chi connectivity index (χ1n) is 6.16. The Balaban J connectivity index is 2.75. The van der Waals surface area contributed by atoms with Crippen LogP contribution in [0.4, 0.5) is 10.5 Å². The Labute approximate surface area is 117 Å². The molecule has 0 heterocycles. The van der Waals surface area contributed by atoms with Crippen LogP contribution in [0.1, 0.15) is 12.5 Å². The third-order valence-electron chi connectivity index (χ3n) is 2.22. The van der Waals surface area contributed by atoms with Crippen LogP contribution in [0, 0.1) is 0 Å². The molecular weight excluding hydrogens is 258 g/mol. The summed E-state index contributed by atoms with van der Waals surface area (Å²) in [4.78, 5) is 22.7. The van der Waals surface area contributed by atoms with Gasteiger partial charge in [0.1, 0.15) is 6.61 Å². The Morgan fingerprint density at radius 3 is 2.75 bits per heavy atom. The first-order valence-corrected chi connectivity index (χ1v) is 6.16. The van der Waals surface area contributed by atoms with E-state index in [-0.39, 0.29) is 6.61 Å². The topological polar surface area (TPSA) is 64.6 Å². The number of rotatable bonds is 6. The molecular formula is C15H17NO4. The lowest BCUT2D eigenvalue weighted by atomic mass is 10.1. The highest BCUT2D eigenvalue weighted by Gasteiger charge is 2.05. The van der Waals surface area contributed by atoms with Gasteiger partial charge in [0.25, 0.3) is 0 Å². The molecule has 1 aromatic rings. The van der Waals surface area contributed by atoms with Gasteiger partial charge in [-0.15, -0.1) is 0 Å². The van der Waals surface area contributed by atoms with Crippen molar-refractivity contribution in [2.45, 2.75) is 6.92 Å². The summed E-state index contributed by atoms with van der Waals surface area (Å²) in [6, 6.07) is 7.04. The largest absolute Gasteiger partial charge is 0.463 e. The second-order valence-electron chi connectivity index (χ2n) is 3.68. The molecule has 0 saturated heterocycles. The summed E-state index contributed by atoms with van der Waals surface area (Å²) in [5, 5.41) is 2.59. The van der Waals surface area contributed by atoms with Crippen LogP contribution < -0.4 is 5.32 Å². The van der Waals surface area contributed by atoms with Gasteiger partial charge in [0.15, 0.2) is 0 Å². The molecule has 0 atom stereocenters. The molecule has 1 aromatic carbocycles. The minimum atomic E-state index is -0.582. The van der Waals surface area contributed by atoms with Gasteiger partial charge in [0, 0.05) is 6.08 Å². The maximum absolute atomic E-state index is 11.5. The van der Waals surface area contributed by atoms with E-state index in [0.717, 1.165) is 0 Å². The van der Waals surface area contributed by atoms with E-state index in [0.29, 0.717) is 17.9 Å². The van der Waals surface area contributed by atoms with Crippen molar-refractivity contribution >= 4 is 23.8 Å². The van der Waals surface area contributed by atoms with Crippen molar-refractivity contribution in [2.24, 2.45) is 0 Å². The zero-order valence-electron chi connectivity index (χ0n) is 11.3. The fourth-order valence-electron chi connectivity index (χ4n) is 1.39. The van der Waals surface area contributed by atoms with Gasteiger partial charge < -0.3 is 9.47 Å². The van der Waals surface area contributed by atoms with E-state index < -0.39 is 12.1 Å². The Morgan fingerprint density at radius 2 is 2.05 bits per heavy atom. The van der Waals surface area contributed by atoms with Crippen LogP contribution in [0.3, 0.4) is 0 Å². The molecule has 0 bridgehead atoms. The van der Waals surface area contributed by atoms with Gasteiger partial charge in [-0.05, 0) is 24.6 Å². The molecule has 5 heteroatoms. The standard InChI is InChI=1S/C15H17NO4/c1-3-11-20-15(18)16-13-8-6-5-7-12(13)9-10-14(17)19-4-2/h3,5-10H,1,4,11H2,2H3,(H,16,18)/b10-9+. The van der Waals surface area contributed by atoms with Crippen molar-refractivity contribution < 1.29 is 19.1 Å². The summed E-state index contributed by atoms with van der Waals surface area (Å²) in [5.74, 6) is -0.434. The van der Waals surface area contributed by atoms with E-state index in [2.05, 4.69) is 11.9 Å². The van der Waals surface area contributed by atoms with E-state index in [9.17, 15) is 9.59 Å². The molecule has 0 spiro atoms.